The van der Waals surface area contributed by atoms with Crippen molar-refractivity contribution >= 4 is 57.5 Å². The van der Waals surface area contributed by atoms with Crippen molar-refractivity contribution in [2.75, 3.05) is 5.32 Å². The van der Waals surface area contributed by atoms with E-state index in [-0.39, 0.29) is 17.5 Å². The molecule has 1 aliphatic rings. The number of aromatic nitrogens is 2. The molecule has 0 bridgehead atoms. The summed E-state index contributed by atoms with van der Waals surface area (Å²) in [6, 6.07) is 12.5. The summed E-state index contributed by atoms with van der Waals surface area (Å²) < 4.78 is 1.78. The van der Waals surface area contributed by atoms with E-state index in [4.69, 9.17) is 28.2 Å². The van der Waals surface area contributed by atoms with Crippen molar-refractivity contribution in [1.29, 1.82) is 0 Å². The number of amides is 1. The first kappa shape index (κ1) is 21.2. The molecule has 3 aromatic rings. The van der Waals surface area contributed by atoms with Crippen LogP contribution >= 0.6 is 35.0 Å². The van der Waals surface area contributed by atoms with Crippen LogP contribution in [-0.4, -0.2) is 20.7 Å². The fourth-order valence-corrected chi connectivity index (χ4v) is 5.22. The van der Waals surface area contributed by atoms with Crippen molar-refractivity contribution < 1.29 is 4.79 Å². The molecule has 0 saturated heterocycles. The molecular weight excluding hydrogens is 441 g/mol. The second-order valence-corrected chi connectivity index (χ2v) is 9.49. The van der Waals surface area contributed by atoms with Gasteiger partial charge in [0.15, 0.2) is 5.16 Å². The summed E-state index contributed by atoms with van der Waals surface area (Å²) in [5, 5.41) is 4.22. The Hall–Kier alpha value is -2.02. The van der Waals surface area contributed by atoms with Crippen molar-refractivity contribution in [2.45, 2.75) is 49.1 Å². The first-order valence-electron chi connectivity index (χ1n) is 9.88. The Balaban J connectivity index is 1.66. The molecule has 1 amide bonds. The highest BCUT2D eigenvalue weighted by Gasteiger charge is 2.26. The third kappa shape index (κ3) is 4.22. The monoisotopic (exact) mass is 461 g/mol. The Bertz CT molecular complexity index is 1140. The lowest BCUT2D eigenvalue weighted by atomic mass is 10.2. The molecule has 0 radical (unpaired) electrons. The minimum absolute atomic E-state index is 0.0447. The van der Waals surface area contributed by atoms with E-state index in [9.17, 15) is 9.59 Å². The first-order chi connectivity index (χ1) is 14.5. The van der Waals surface area contributed by atoms with Crippen LogP contribution in [0.4, 0.5) is 5.69 Å². The zero-order chi connectivity index (χ0) is 21.3. The number of nitrogens with one attached hydrogen (secondary N) is 1. The molecule has 1 aliphatic carbocycles. The fraction of sp³-hybridized carbons (Fsp3) is 0.318. The van der Waals surface area contributed by atoms with Crippen LogP contribution in [0.3, 0.4) is 0 Å². The van der Waals surface area contributed by atoms with Gasteiger partial charge in [-0.1, -0.05) is 66.0 Å². The number of benzene rings is 2. The van der Waals surface area contributed by atoms with Gasteiger partial charge in [0.2, 0.25) is 5.91 Å². The van der Waals surface area contributed by atoms with Crippen LogP contribution in [0.5, 0.6) is 0 Å². The van der Waals surface area contributed by atoms with Crippen LogP contribution < -0.4 is 10.9 Å². The maximum Gasteiger partial charge on any atom is 0.262 e. The Morgan fingerprint density at radius 3 is 2.50 bits per heavy atom. The molecule has 2 aromatic carbocycles. The smallest absolute Gasteiger partial charge is 0.262 e. The number of halogens is 2. The van der Waals surface area contributed by atoms with E-state index < -0.39 is 5.25 Å². The highest BCUT2D eigenvalue weighted by atomic mass is 35.5. The lowest BCUT2D eigenvalue weighted by molar-refractivity contribution is -0.115. The Labute approximate surface area is 188 Å². The van der Waals surface area contributed by atoms with Crippen LogP contribution in [0.1, 0.15) is 38.6 Å². The number of nitrogens with zero attached hydrogens (tertiary/aromatic N) is 2. The molecule has 0 spiro atoms. The zero-order valence-corrected chi connectivity index (χ0v) is 18.7. The summed E-state index contributed by atoms with van der Waals surface area (Å²) in [6.45, 7) is 1.78. The minimum Gasteiger partial charge on any atom is -0.323 e. The van der Waals surface area contributed by atoms with Crippen molar-refractivity contribution in [3.63, 3.8) is 0 Å². The molecular formula is C22H21Cl2N3O2S. The van der Waals surface area contributed by atoms with Gasteiger partial charge in [0, 0.05) is 6.04 Å². The van der Waals surface area contributed by atoms with Gasteiger partial charge in [-0.05, 0) is 44.0 Å². The summed E-state index contributed by atoms with van der Waals surface area (Å²) in [7, 11) is 0. The quantitative estimate of drug-likeness (QED) is 0.377. The van der Waals surface area contributed by atoms with E-state index in [0.717, 1.165) is 25.7 Å². The number of carbonyl (C=O) groups is 1. The number of thioether (sulfide) groups is 1. The molecule has 1 unspecified atom stereocenters. The maximum atomic E-state index is 13.2. The molecule has 1 atom stereocenters. The van der Waals surface area contributed by atoms with E-state index in [1.54, 1.807) is 35.8 Å². The van der Waals surface area contributed by atoms with Crippen LogP contribution in [0, 0.1) is 0 Å². The van der Waals surface area contributed by atoms with Gasteiger partial charge in [-0.2, -0.15) is 0 Å². The number of anilines is 1. The standard InChI is InChI=1S/C22H21Cl2N3O2S/c1-13(20(28)26-19-16(23)10-6-11-17(19)24)30-22-25-18-12-5-4-9-15(18)21(29)27(22)14-7-2-3-8-14/h4-6,9-14H,2-3,7-8H2,1H3,(H,26,28). The van der Waals surface area contributed by atoms with E-state index >= 15 is 0 Å². The lowest BCUT2D eigenvalue weighted by Crippen LogP contribution is -2.29. The Morgan fingerprint density at radius 1 is 1.13 bits per heavy atom. The molecule has 0 aliphatic heterocycles. The third-order valence-electron chi connectivity index (χ3n) is 5.33. The third-order valence-corrected chi connectivity index (χ3v) is 7.02. The van der Waals surface area contributed by atoms with Gasteiger partial charge in [-0.25, -0.2) is 4.98 Å². The van der Waals surface area contributed by atoms with Crippen LogP contribution in [-0.2, 0) is 4.79 Å². The highest BCUT2D eigenvalue weighted by molar-refractivity contribution is 8.00. The van der Waals surface area contributed by atoms with E-state index in [1.165, 1.54) is 11.8 Å². The molecule has 1 saturated carbocycles. The predicted octanol–water partition coefficient (Wildman–Crippen LogP) is 5.94. The summed E-state index contributed by atoms with van der Waals surface area (Å²) in [6.07, 6.45) is 4.08. The van der Waals surface area contributed by atoms with Gasteiger partial charge in [0.05, 0.1) is 31.9 Å². The van der Waals surface area contributed by atoms with Gasteiger partial charge < -0.3 is 5.32 Å². The molecule has 4 rings (SSSR count). The molecule has 1 heterocycles. The van der Waals surface area contributed by atoms with Gasteiger partial charge in [0.25, 0.3) is 5.56 Å². The molecule has 8 heteroatoms. The SMILES string of the molecule is CC(Sc1nc2ccccc2c(=O)n1C1CCCC1)C(=O)Nc1c(Cl)cccc1Cl. The number of para-hydroxylation sites is 2. The zero-order valence-electron chi connectivity index (χ0n) is 16.4. The Kier molecular flexibility index (Phi) is 6.37. The number of hydrogen-bond acceptors (Lipinski definition) is 4. The van der Waals surface area contributed by atoms with Gasteiger partial charge in [-0.15, -0.1) is 0 Å². The van der Waals surface area contributed by atoms with E-state index in [1.807, 2.05) is 18.2 Å². The number of hydrogen-bond donors (Lipinski definition) is 1. The maximum absolute atomic E-state index is 13.2. The van der Waals surface area contributed by atoms with E-state index in [2.05, 4.69) is 5.32 Å². The number of rotatable bonds is 5. The highest BCUT2D eigenvalue weighted by Crippen LogP contribution is 2.34. The minimum atomic E-state index is -0.502. The van der Waals surface area contributed by atoms with Crippen molar-refractivity contribution in [3.05, 3.63) is 62.9 Å². The number of carbonyl (C=O) groups excluding carboxylic acids is 1. The summed E-state index contributed by atoms with van der Waals surface area (Å²) in [4.78, 5) is 30.8. The molecule has 156 valence electrons. The van der Waals surface area contributed by atoms with Crippen LogP contribution in [0.15, 0.2) is 52.4 Å². The molecule has 1 N–H and O–H groups in total. The van der Waals surface area contributed by atoms with Crippen molar-refractivity contribution in [1.82, 2.24) is 9.55 Å². The van der Waals surface area contributed by atoms with E-state index in [0.29, 0.717) is 31.8 Å². The lowest BCUT2D eigenvalue weighted by Gasteiger charge is -2.20. The van der Waals surface area contributed by atoms with Crippen molar-refractivity contribution in [2.24, 2.45) is 0 Å². The normalized spacial score (nSPS) is 15.4. The van der Waals surface area contributed by atoms with Crippen molar-refractivity contribution in [3.8, 4) is 0 Å². The largest absolute Gasteiger partial charge is 0.323 e. The number of fused-ring (bicyclic) bond motifs is 1. The second kappa shape index (κ2) is 9.00. The average molecular weight is 462 g/mol. The summed E-state index contributed by atoms with van der Waals surface area (Å²) in [5.41, 5.74) is 0.982. The predicted molar refractivity (Wildman–Crippen MR) is 124 cm³/mol. The van der Waals surface area contributed by atoms with Gasteiger partial charge in [-0.3, -0.25) is 14.2 Å². The molecule has 1 fully saturated rings. The van der Waals surface area contributed by atoms with Crippen LogP contribution in [0.25, 0.3) is 10.9 Å². The molecule has 5 nitrogen and oxygen atoms in total. The van der Waals surface area contributed by atoms with Gasteiger partial charge >= 0.3 is 0 Å². The first-order valence-corrected chi connectivity index (χ1v) is 11.5. The second-order valence-electron chi connectivity index (χ2n) is 7.37. The van der Waals surface area contributed by atoms with Gasteiger partial charge in [0.1, 0.15) is 0 Å². The van der Waals surface area contributed by atoms with Crippen LogP contribution in [0.2, 0.25) is 10.0 Å². The topological polar surface area (TPSA) is 64.0 Å². The summed E-state index contributed by atoms with van der Waals surface area (Å²) in [5.74, 6) is -0.254. The average Bonchev–Trinajstić information content (AvgIpc) is 3.25. The molecule has 30 heavy (non-hydrogen) atoms. The summed E-state index contributed by atoms with van der Waals surface area (Å²) >= 11 is 13.6. The Morgan fingerprint density at radius 2 is 1.80 bits per heavy atom. The fourth-order valence-electron chi connectivity index (χ4n) is 3.75. The molecule has 1 aromatic heterocycles.